The second kappa shape index (κ2) is 4.45. The number of ether oxygens (including phenoxy) is 1. The number of aliphatic hydroxyl groups is 1. The maximum atomic E-state index is 11.2. The van der Waals surface area contributed by atoms with Crippen molar-refractivity contribution in [1.82, 2.24) is 0 Å². The van der Waals surface area contributed by atoms with Gasteiger partial charge in [-0.2, -0.15) is 5.26 Å². The number of nitriles is 1. The minimum atomic E-state index is -0.830. The first-order valence-corrected chi connectivity index (χ1v) is 8.10. The van der Waals surface area contributed by atoms with Crippen molar-refractivity contribution < 1.29 is 9.84 Å². The van der Waals surface area contributed by atoms with Gasteiger partial charge >= 0.3 is 0 Å². The fourth-order valence-corrected chi connectivity index (χ4v) is 4.83. The maximum Gasteiger partial charge on any atom is 0.114 e. The lowest BCUT2D eigenvalue weighted by Gasteiger charge is -2.49. The molecule has 3 unspecified atom stereocenters. The van der Waals surface area contributed by atoms with E-state index in [1.807, 2.05) is 0 Å². The van der Waals surface area contributed by atoms with Gasteiger partial charge in [0.15, 0.2) is 0 Å². The average Bonchev–Trinajstić information content (AvgIpc) is 2.98. The predicted molar refractivity (Wildman–Crippen MR) is 76.9 cm³/mol. The van der Waals surface area contributed by atoms with Crippen LogP contribution in [-0.2, 0) is 4.74 Å². The molecule has 3 nitrogen and oxygen atoms in total. The SMILES string of the molecule is CC(C)(C)C1CCC(O)(C2(C#N)CC3CCC2O3)CC1. The highest BCUT2D eigenvalue weighted by Gasteiger charge is 2.64. The molecule has 112 valence electrons. The van der Waals surface area contributed by atoms with Crippen LogP contribution < -0.4 is 0 Å². The fraction of sp³-hybridized carbons (Fsp3) is 0.941. The third-order valence-electron chi connectivity index (χ3n) is 6.27. The van der Waals surface area contributed by atoms with Crippen molar-refractivity contribution in [2.24, 2.45) is 16.7 Å². The van der Waals surface area contributed by atoms with Gasteiger partial charge in [0.1, 0.15) is 5.41 Å². The summed E-state index contributed by atoms with van der Waals surface area (Å²) in [5.41, 5.74) is -1.17. The lowest BCUT2D eigenvalue weighted by molar-refractivity contribution is -0.120. The van der Waals surface area contributed by atoms with Crippen molar-refractivity contribution in [3.8, 4) is 6.07 Å². The van der Waals surface area contributed by atoms with E-state index in [2.05, 4.69) is 26.8 Å². The van der Waals surface area contributed by atoms with Gasteiger partial charge in [-0.05, 0) is 56.3 Å². The van der Waals surface area contributed by atoms with Gasteiger partial charge in [0, 0.05) is 0 Å². The van der Waals surface area contributed by atoms with Gasteiger partial charge in [-0.1, -0.05) is 20.8 Å². The molecule has 1 saturated carbocycles. The molecule has 2 bridgehead atoms. The topological polar surface area (TPSA) is 53.2 Å². The molecular weight excluding hydrogens is 250 g/mol. The lowest BCUT2D eigenvalue weighted by Crippen LogP contribution is -2.55. The van der Waals surface area contributed by atoms with Crippen LogP contribution >= 0.6 is 0 Å². The molecule has 3 heteroatoms. The van der Waals surface area contributed by atoms with Crippen LogP contribution in [0, 0.1) is 28.1 Å². The number of nitrogens with zero attached hydrogens (tertiary/aromatic N) is 1. The molecule has 3 fully saturated rings. The highest BCUT2D eigenvalue weighted by Crippen LogP contribution is 2.58. The highest BCUT2D eigenvalue weighted by molar-refractivity contribution is 5.21. The van der Waals surface area contributed by atoms with Crippen molar-refractivity contribution in [2.45, 2.75) is 83.5 Å². The minimum absolute atomic E-state index is 0.0336. The van der Waals surface area contributed by atoms with E-state index in [0.717, 1.165) is 44.9 Å². The Kier molecular flexibility index (Phi) is 3.19. The van der Waals surface area contributed by atoms with E-state index in [9.17, 15) is 10.4 Å². The second-order valence-corrected chi connectivity index (χ2v) is 8.28. The van der Waals surface area contributed by atoms with E-state index in [0.29, 0.717) is 11.3 Å². The van der Waals surface area contributed by atoms with Crippen molar-refractivity contribution >= 4 is 0 Å². The Balaban J connectivity index is 1.79. The molecule has 0 aromatic rings. The van der Waals surface area contributed by atoms with E-state index in [4.69, 9.17) is 4.74 Å². The van der Waals surface area contributed by atoms with E-state index < -0.39 is 11.0 Å². The lowest BCUT2D eigenvalue weighted by atomic mass is 9.56. The number of hydrogen-bond donors (Lipinski definition) is 1. The van der Waals surface area contributed by atoms with Gasteiger partial charge in [0.2, 0.25) is 0 Å². The Morgan fingerprint density at radius 3 is 2.20 bits per heavy atom. The van der Waals surface area contributed by atoms with Gasteiger partial charge < -0.3 is 9.84 Å². The van der Waals surface area contributed by atoms with Gasteiger partial charge in [-0.25, -0.2) is 0 Å². The Bertz CT molecular complexity index is 425. The maximum absolute atomic E-state index is 11.2. The summed E-state index contributed by atoms with van der Waals surface area (Å²) in [7, 11) is 0. The van der Waals surface area contributed by atoms with Crippen molar-refractivity contribution in [2.75, 3.05) is 0 Å². The molecule has 3 rings (SSSR count). The molecular formula is C17H27NO2. The molecule has 2 heterocycles. The first kappa shape index (κ1) is 14.4. The van der Waals surface area contributed by atoms with E-state index in [1.165, 1.54) is 0 Å². The summed E-state index contributed by atoms with van der Waals surface area (Å²) >= 11 is 0. The molecule has 3 atom stereocenters. The molecule has 0 aromatic heterocycles. The Morgan fingerprint density at radius 1 is 1.15 bits per heavy atom. The molecule has 2 aliphatic heterocycles. The molecule has 3 aliphatic rings. The summed E-state index contributed by atoms with van der Waals surface area (Å²) in [6.45, 7) is 6.84. The fourth-order valence-electron chi connectivity index (χ4n) is 4.83. The van der Waals surface area contributed by atoms with Crippen molar-refractivity contribution in [3.63, 3.8) is 0 Å². The third-order valence-corrected chi connectivity index (χ3v) is 6.27. The zero-order valence-electron chi connectivity index (χ0n) is 13.0. The number of fused-ring (bicyclic) bond motifs is 2. The van der Waals surface area contributed by atoms with E-state index >= 15 is 0 Å². The predicted octanol–water partition coefficient (Wildman–Crippen LogP) is 3.42. The summed E-state index contributed by atoms with van der Waals surface area (Å²) in [4.78, 5) is 0. The van der Waals surface area contributed by atoms with Crippen molar-refractivity contribution in [3.05, 3.63) is 0 Å². The van der Waals surface area contributed by atoms with Crippen LogP contribution in [0.3, 0.4) is 0 Å². The van der Waals surface area contributed by atoms with Crippen LogP contribution in [0.15, 0.2) is 0 Å². The standard InChI is InChI=1S/C17H27NO2/c1-15(2,3)12-6-8-17(19,9-7-12)16(11-18)10-13-4-5-14(16)20-13/h12-14,19H,4-10H2,1-3H3. The molecule has 0 radical (unpaired) electrons. The normalized spacial score (nSPS) is 48.2. The zero-order chi connectivity index (χ0) is 14.6. The van der Waals surface area contributed by atoms with Gasteiger partial charge in [0.25, 0.3) is 0 Å². The van der Waals surface area contributed by atoms with Crippen molar-refractivity contribution in [1.29, 1.82) is 5.26 Å². The summed E-state index contributed by atoms with van der Waals surface area (Å²) in [5.74, 6) is 0.651. The molecule has 1 aliphatic carbocycles. The third kappa shape index (κ3) is 1.92. The quantitative estimate of drug-likeness (QED) is 0.799. The van der Waals surface area contributed by atoms with Crippen LogP contribution in [0.5, 0.6) is 0 Å². The first-order chi connectivity index (χ1) is 9.31. The van der Waals surface area contributed by atoms with E-state index in [-0.39, 0.29) is 12.2 Å². The van der Waals surface area contributed by atoms with Crippen LogP contribution in [0.25, 0.3) is 0 Å². The Labute approximate surface area is 122 Å². The second-order valence-electron chi connectivity index (χ2n) is 8.28. The van der Waals surface area contributed by atoms with Crippen LogP contribution in [0.4, 0.5) is 0 Å². The largest absolute Gasteiger partial charge is 0.388 e. The molecule has 0 amide bonds. The summed E-state index contributed by atoms with van der Waals surface area (Å²) in [6.07, 6.45) is 6.51. The van der Waals surface area contributed by atoms with Crippen LogP contribution in [-0.4, -0.2) is 22.9 Å². The molecule has 0 spiro atoms. The van der Waals surface area contributed by atoms with Gasteiger partial charge in [-0.15, -0.1) is 0 Å². The smallest absolute Gasteiger partial charge is 0.114 e. The molecule has 1 N–H and O–H groups in total. The van der Waals surface area contributed by atoms with Crippen LogP contribution in [0.2, 0.25) is 0 Å². The summed E-state index contributed by atoms with van der Waals surface area (Å²) < 4.78 is 5.91. The Hall–Kier alpha value is -0.590. The summed E-state index contributed by atoms with van der Waals surface area (Å²) in [6, 6.07) is 2.50. The van der Waals surface area contributed by atoms with Crippen LogP contribution in [0.1, 0.15) is 65.7 Å². The molecule has 2 saturated heterocycles. The monoisotopic (exact) mass is 277 g/mol. The number of rotatable bonds is 1. The molecule has 20 heavy (non-hydrogen) atoms. The highest BCUT2D eigenvalue weighted by atomic mass is 16.5. The first-order valence-electron chi connectivity index (χ1n) is 8.10. The van der Waals surface area contributed by atoms with Gasteiger partial charge in [-0.3, -0.25) is 0 Å². The Morgan fingerprint density at radius 2 is 1.80 bits per heavy atom. The molecule has 0 aromatic carbocycles. The van der Waals surface area contributed by atoms with E-state index in [1.54, 1.807) is 0 Å². The zero-order valence-corrected chi connectivity index (χ0v) is 13.0. The summed E-state index contributed by atoms with van der Waals surface area (Å²) in [5, 5.41) is 21.0. The van der Waals surface area contributed by atoms with Gasteiger partial charge in [0.05, 0.1) is 23.9 Å². The number of hydrogen-bond acceptors (Lipinski definition) is 3. The minimum Gasteiger partial charge on any atom is -0.388 e. The average molecular weight is 277 g/mol.